The van der Waals surface area contributed by atoms with Crippen LogP contribution in [0.25, 0.3) is 22.3 Å². The van der Waals surface area contributed by atoms with E-state index in [-0.39, 0.29) is 41.1 Å². The van der Waals surface area contributed by atoms with Gasteiger partial charge in [-0.05, 0) is 97.6 Å². The number of nitrogens with one attached hydrogen (secondary N) is 3. The van der Waals surface area contributed by atoms with Gasteiger partial charge in [-0.15, -0.1) is 0 Å². The summed E-state index contributed by atoms with van der Waals surface area (Å²) in [6.45, 7) is 8.88. The molecule has 12 nitrogen and oxygen atoms in total. The number of hydrogen-bond donors (Lipinski definition) is 3. The predicted molar refractivity (Wildman–Crippen MR) is 207 cm³/mol. The first kappa shape index (κ1) is 36.8. The number of likely N-dealkylation sites (tertiary alicyclic amines) is 2. The van der Waals surface area contributed by atoms with Gasteiger partial charge in [-0.25, -0.2) is 14.8 Å². The molecule has 1 aliphatic carbocycles. The van der Waals surface area contributed by atoms with E-state index >= 15 is 0 Å². The number of amides is 3. The molecule has 4 fully saturated rings. The summed E-state index contributed by atoms with van der Waals surface area (Å²) in [5.74, 6) is 8.90. The summed E-state index contributed by atoms with van der Waals surface area (Å²) in [5.41, 5.74) is 5.67. The minimum atomic E-state index is -0.685. The van der Waals surface area contributed by atoms with E-state index in [0.717, 1.165) is 64.5 Å². The van der Waals surface area contributed by atoms with E-state index in [1.807, 2.05) is 53.6 Å². The molecule has 3 amide bonds. The Balaban J connectivity index is 0.948. The summed E-state index contributed by atoms with van der Waals surface area (Å²) >= 11 is 0. The van der Waals surface area contributed by atoms with Crippen LogP contribution < -0.4 is 5.32 Å². The van der Waals surface area contributed by atoms with Crippen LogP contribution in [0, 0.1) is 35.0 Å². The van der Waals surface area contributed by atoms with E-state index < -0.39 is 12.1 Å². The lowest BCUT2D eigenvalue weighted by molar-refractivity contribution is -0.137. The maximum atomic E-state index is 14.1. The Bertz CT molecular complexity index is 2120. The number of alkyl carbamates (subject to hydrolysis) is 1. The lowest BCUT2D eigenvalue weighted by atomic mass is 9.90. The van der Waals surface area contributed by atoms with Crippen molar-refractivity contribution in [3.63, 3.8) is 0 Å². The smallest absolute Gasteiger partial charge is 0.407 e. The van der Waals surface area contributed by atoms with E-state index in [2.05, 4.69) is 52.8 Å². The molecule has 288 valence electrons. The number of fused-ring (bicyclic) bond motifs is 1. The molecule has 2 aromatic heterocycles. The molecule has 1 saturated carbocycles. The Hall–Kier alpha value is -5.15. The van der Waals surface area contributed by atoms with Crippen LogP contribution in [0.4, 0.5) is 4.79 Å². The highest BCUT2D eigenvalue weighted by atomic mass is 16.5. The predicted octanol–water partition coefficient (Wildman–Crippen LogP) is 6.51. The number of methoxy groups -OCH3 is 1. The number of aromatic nitrogens is 4. The second-order valence-corrected chi connectivity index (χ2v) is 16.6. The quantitative estimate of drug-likeness (QED) is 0.174. The average Bonchev–Trinajstić information content (AvgIpc) is 3.61. The van der Waals surface area contributed by atoms with Gasteiger partial charge in [0.15, 0.2) is 0 Å². The maximum absolute atomic E-state index is 14.1. The van der Waals surface area contributed by atoms with Crippen molar-refractivity contribution in [3.8, 4) is 23.1 Å². The highest BCUT2D eigenvalue weighted by molar-refractivity contribution is 5.86. The second-order valence-electron chi connectivity index (χ2n) is 16.6. The minimum absolute atomic E-state index is 0.00634. The summed E-state index contributed by atoms with van der Waals surface area (Å²) < 4.78 is 10.4. The van der Waals surface area contributed by atoms with Gasteiger partial charge in [0.1, 0.15) is 17.7 Å². The normalized spacial score (nSPS) is 22.5. The van der Waals surface area contributed by atoms with Gasteiger partial charge in [-0.1, -0.05) is 44.7 Å². The molecule has 0 unspecified atom stereocenters. The van der Waals surface area contributed by atoms with Crippen molar-refractivity contribution >= 4 is 28.9 Å². The molecule has 3 N–H and O–H groups in total. The Morgan fingerprint density at radius 1 is 1.00 bits per heavy atom. The van der Waals surface area contributed by atoms with Crippen molar-refractivity contribution in [1.82, 2.24) is 35.1 Å². The fraction of sp³-hybridized carbons (Fsp3) is 0.512. The Kier molecular flexibility index (Phi) is 10.2. The molecule has 3 saturated heterocycles. The van der Waals surface area contributed by atoms with Gasteiger partial charge in [0, 0.05) is 43.9 Å². The summed E-state index contributed by atoms with van der Waals surface area (Å²) in [6, 6.07) is 13.1. The molecule has 55 heavy (non-hydrogen) atoms. The van der Waals surface area contributed by atoms with E-state index in [4.69, 9.17) is 19.4 Å². The number of carbonyl (C=O) groups is 3. The highest BCUT2D eigenvalue weighted by Gasteiger charge is 2.54. The minimum Gasteiger partial charge on any atom is -0.453 e. The van der Waals surface area contributed by atoms with Crippen molar-refractivity contribution in [2.75, 3.05) is 33.4 Å². The number of carbonyl (C=O) groups excluding carboxylic acids is 3. The van der Waals surface area contributed by atoms with Crippen molar-refractivity contribution in [2.24, 2.45) is 23.2 Å². The molecule has 0 bridgehead atoms. The molecule has 8 rings (SSSR count). The number of H-pyrrole nitrogens is 2. The van der Waals surface area contributed by atoms with Crippen LogP contribution in [0.15, 0.2) is 48.7 Å². The molecular weight excluding hydrogens is 695 g/mol. The van der Waals surface area contributed by atoms with Gasteiger partial charge in [-0.2, -0.15) is 0 Å². The van der Waals surface area contributed by atoms with Crippen LogP contribution in [-0.2, 0) is 19.1 Å². The van der Waals surface area contributed by atoms with Gasteiger partial charge in [0.25, 0.3) is 0 Å². The first-order valence-electron chi connectivity index (χ1n) is 19.8. The third-order valence-corrected chi connectivity index (χ3v) is 11.9. The Labute approximate surface area is 322 Å². The first-order valence-corrected chi connectivity index (χ1v) is 19.8. The first-order chi connectivity index (χ1) is 26.6. The molecule has 3 aliphatic heterocycles. The fourth-order valence-electron chi connectivity index (χ4n) is 8.71. The number of hydrogen-bond acceptors (Lipinski definition) is 7. The van der Waals surface area contributed by atoms with Crippen LogP contribution in [0.2, 0.25) is 0 Å². The maximum Gasteiger partial charge on any atom is 0.407 e. The number of rotatable bonds is 8. The van der Waals surface area contributed by atoms with E-state index in [9.17, 15) is 14.4 Å². The van der Waals surface area contributed by atoms with Crippen LogP contribution in [0.3, 0.4) is 0 Å². The fourth-order valence-corrected chi connectivity index (χ4v) is 8.71. The molecule has 4 atom stereocenters. The Morgan fingerprint density at radius 3 is 2.47 bits per heavy atom. The van der Waals surface area contributed by atoms with Gasteiger partial charge < -0.3 is 34.6 Å². The summed E-state index contributed by atoms with van der Waals surface area (Å²) in [5, 5.41) is 2.82. The van der Waals surface area contributed by atoms with Crippen LogP contribution >= 0.6 is 0 Å². The number of imidazole rings is 2. The topological polar surface area (TPSA) is 146 Å². The summed E-state index contributed by atoms with van der Waals surface area (Å²) in [6.07, 6.45) is 7.29. The van der Waals surface area contributed by atoms with Gasteiger partial charge in [0.2, 0.25) is 11.8 Å². The molecule has 1 spiro atoms. The average molecular weight is 746 g/mol. The molecule has 12 heteroatoms. The standard InChI is InChI=1S/C43H51N7O5/c1-26(2)19-37(51)50-25-43(15-16-43)22-36(50)40-45-32-12-9-29(21-33(32)46-40)6-5-28-7-10-30(11-8-28)34-23-44-39(47-34)35-20-27(3)24-49(35)41(52)38(48-42(53)54-4)31-13-17-55-18-14-31/h7-12,21,23,26-27,31,35-36,38H,13-20,22,24-25H2,1-4H3,(H,44,47)(H,45,46)(H,48,53)/t27-,35+,36+,38+/m1/s1. The molecule has 4 aliphatic rings. The second kappa shape index (κ2) is 15.2. The van der Waals surface area contributed by atoms with Gasteiger partial charge >= 0.3 is 6.09 Å². The zero-order valence-electron chi connectivity index (χ0n) is 32.2. The van der Waals surface area contributed by atoms with Crippen LogP contribution in [-0.4, -0.2) is 87.1 Å². The van der Waals surface area contributed by atoms with E-state index in [1.165, 1.54) is 20.0 Å². The van der Waals surface area contributed by atoms with Gasteiger partial charge in [0.05, 0.1) is 42.1 Å². The third-order valence-electron chi connectivity index (χ3n) is 11.9. The SMILES string of the molecule is COC(=O)N[C@H](C(=O)N1C[C@H](C)C[C@H]1c1ncc(-c2ccc(C#Cc3ccc4nc([C@@H]5CC6(CC6)CN5C(=O)CC(C)C)[nH]c4c3)cc2)[nH]1)C1CCOCC1. The van der Waals surface area contributed by atoms with Crippen molar-refractivity contribution in [1.29, 1.82) is 0 Å². The number of aromatic amines is 2. The van der Waals surface area contributed by atoms with Gasteiger partial charge in [-0.3, -0.25) is 9.59 Å². The monoisotopic (exact) mass is 745 g/mol. The molecule has 0 radical (unpaired) electrons. The summed E-state index contributed by atoms with van der Waals surface area (Å²) in [4.78, 5) is 60.1. The largest absolute Gasteiger partial charge is 0.453 e. The number of ether oxygens (including phenoxy) is 2. The summed E-state index contributed by atoms with van der Waals surface area (Å²) in [7, 11) is 1.31. The molecular formula is C43H51N7O5. The number of nitrogens with zero attached hydrogens (tertiary/aromatic N) is 4. The lowest BCUT2D eigenvalue weighted by Crippen LogP contribution is -2.53. The highest BCUT2D eigenvalue weighted by Crippen LogP contribution is 2.58. The zero-order valence-corrected chi connectivity index (χ0v) is 32.2. The third kappa shape index (κ3) is 7.85. The Morgan fingerprint density at radius 2 is 1.75 bits per heavy atom. The van der Waals surface area contributed by atoms with E-state index in [1.54, 1.807) is 0 Å². The van der Waals surface area contributed by atoms with Crippen molar-refractivity contribution in [2.45, 2.75) is 83.8 Å². The van der Waals surface area contributed by atoms with Crippen molar-refractivity contribution in [3.05, 3.63) is 71.4 Å². The zero-order chi connectivity index (χ0) is 38.3. The molecule has 5 heterocycles. The molecule has 4 aromatic rings. The lowest BCUT2D eigenvalue weighted by Gasteiger charge is -2.34. The van der Waals surface area contributed by atoms with Crippen LogP contribution in [0.5, 0.6) is 0 Å². The molecule has 2 aromatic carbocycles. The van der Waals surface area contributed by atoms with Crippen LogP contribution in [0.1, 0.15) is 101 Å². The number of benzene rings is 2. The van der Waals surface area contributed by atoms with Crippen molar-refractivity contribution < 1.29 is 23.9 Å². The van der Waals surface area contributed by atoms with E-state index in [0.29, 0.717) is 44.9 Å².